The topological polar surface area (TPSA) is 35.2 Å². The van der Waals surface area contributed by atoms with Crippen molar-refractivity contribution >= 4 is 0 Å². The van der Waals surface area contributed by atoms with Crippen LogP contribution < -0.4 is 14.0 Å². The second-order valence-electron chi connectivity index (χ2n) is 4.69. The Hall–Kier alpha value is -2.31. The highest BCUT2D eigenvalue weighted by molar-refractivity contribution is 5.09. The molecule has 0 aliphatic heterocycles. The van der Waals surface area contributed by atoms with E-state index < -0.39 is 12.8 Å². The van der Waals surface area contributed by atoms with Crippen molar-refractivity contribution in [3.63, 3.8) is 0 Å². The number of halogens is 3. The highest BCUT2D eigenvalue weighted by Crippen LogP contribution is 2.16. The summed E-state index contributed by atoms with van der Waals surface area (Å²) in [5, 5.41) is 0. The quantitative estimate of drug-likeness (QED) is 0.769. The van der Waals surface area contributed by atoms with Gasteiger partial charge < -0.3 is 9.47 Å². The molecule has 0 aliphatic rings. The Morgan fingerprint density at radius 3 is 2.64 bits per heavy atom. The average Bonchev–Trinajstić information content (AvgIpc) is 2.46. The Morgan fingerprint density at radius 1 is 1.18 bits per heavy atom. The van der Waals surface area contributed by atoms with E-state index >= 15 is 0 Å². The summed E-state index contributed by atoms with van der Waals surface area (Å²) in [6.45, 7) is 0.819. The fourth-order valence-electron chi connectivity index (χ4n) is 1.84. The minimum absolute atomic E-state index is 0.135. The first kappa shape index (κ1) is 16.1. The smallest absolute Gasteiger partial charge is 0.422 e. The lowest BCUT2D eigenvalue weighted by Crippen LogP contribution is -2.42. The lowest BCUT2D eigenvalue weighted by atomic mass is 10.3. The normalized spacial score (nSPS) is 12.7. The van der Waals surface area contributed by atoms with Gasteiger partial charge in [-0.2, -0.15) is 17.7 Å². The van der Waals surface area contributed by atoms with Crippen molar-refractivity contribution in [1.82, 2.24) is 4.98 Å². The summed E-state index contributed by atoms with van der Waals surface area (Å²) in [5.41, 5.74) is 0. The van der Waals surface area contributed by atoms with E-state index in [1.54, 1.807) is 47.3 Å². The molecule has 0 aliphatic carbocycles. The largest absolute Gasteiger partial charge is 0.468 e. The molecule has 0 radical (unpaired) electrons. The highest BCUT2D eigenvalue weighted by atomic mass is 19.4. The molecule has 0 bridgehead atoms. The Bertz CT molecular complexity index is 591. The molecule has 0 saturated carbocycles. The molecule has 2 heterocycles. The summed E-state index contributed by atoms with van der Waals surface area (Å²) in [7, 11) is 0. The number of aromatic nitrogens is 2. The van der Waals surface area contributed by atoms with Gasteiger partial charge in [-0.3, -0.25) is 0 Å². The maximum Gasteiger partial charge on any atom is 0.422 e. The third kappa shape index (κ3) is 5.23. The maximum atomic E-state index is 12.3. The lowest BCUT2D eigenvalue weighted by Gasteiger charge is -2.13. The molecule has 7 heteroatoms. The molecule has 1 atom stereocenters. The molecule has 22 heavy (non-hydrogen) atoms. The number of hydrogen-bond acceptors (Lipinski definition) is 3. The van der Waals surface area contributed by atoms with Gasteiger partial charge in [-0.1, -0.05) is 6.07 Å². The second-order valence-corrected chi connectivity index (χ2v) is 4.69. The highest BCUT2D eigenvalue weighted by Gasteiger charge is 2.30. The molecule has 0 spiro atoms. The molecule has 0 fully saturated rings. The van der Waals surface area contributed by atoms with E-state index in [1.807, 2.05) is 6.92 Å². The minimum Gasteiger partial charge on any atom is -0.468 e. The molecular formula is C15H16F3N2O2+. The SMILES string of the molecule is CC(C[n+]1ccccc1OCC(F)(F)F)Oc1ccccn1. The van der Waals surface area contributed by atoms with Crippen molar-refractivity contribution in [3.8, 4) is 11.8 Å². The van der Waals surface area contributed by atoms with Gasteiger partial charge in [0.15, 0.2) is 25.5 Å². The van der Waals surface area contributed by atoms with Gasteiger partial charge in [-0.25, -0.2) is 4.98 Å². The molecule has 0 N–H and O–H groups in total. The average molecular weight is 313 g/mol. The van der Waals surface area contributed by atoms with Crippen LogP contribution in [0.15, 0.2) is 48.8 Å². The fourth-order valence-corrected chi connectivity index (χ4v) is 1.84. The molecule has 4 nitrogen and oxygen atoms in total. The summed E-state index contributed by atoms with van der Waals surface area (Å²) in [4.78, 5) is 4.04. The van der Waals surface area contributed by atoms with E-state index in [-0.39, 0.29) is 12.0 Å². The van der Waals surface area contributed by atoms with Crippen LogP contribution in [-0.4, -0.2) is 23.9 Å². The van der Waals surface area contributed by atoms with E-state index in [0.717, 1.165) is 0 Å². The standard InChI is InChI=1S/C15H16F3N2O2/c1-12(22-13-6-2-4-8-19-13)10-20-9-5-3-7-14(20)21-11-15(16,17)18/h2-9,12H,10-11H2,1H3/q+1. The fraction of sp³-hybridized carbons (Fsp3) is 0.333. The van der Waals surface area contributed by atoms with Crippen LogP contribution in [0.1, 0.15) is 6.92 Å². The van der Waals surface area contributed by atoms with Crippen LogP contribution in [0.2, 0.25) is 0 Å². The van der Waals surface area contributed by atoms with Crippen molar-refractivity contribution < 1.29 is 27.2 Å². The number of alkyl halides is 3. The summed E-state index contributed by atoms with van der Waals surface area (Å²) in [6.07, 6.45) is -1.40. The van der Waals surface area contributed by atoms with Crippen molar-refractivity contribution in [3.05, 3.63) is 48.8 Å². The van der Waals surface area contributed by atoms with Gasteiger partial charge in [0.1, 0.15) is 0 Å². The van der Waals surface area contributed by atoms with Gasteiger partial charge in [0.05, 0.1) is 6.07 Å². The van der Waals surface area contributed by atoms with Crippen molar-refractivity contribution in [2.45, 2.75) is 25.7 Å². The molecule has 0 amide bonds. The van der Waals surface area contributed by atoms with Crippen LogP contribution in [0.4, 0.5) is 13.2 Å². The van der Waals surface area contributed by atoms with Gasteiger partial charge in [-0.15, -0.1) is 0 Å². The first-order valence-electron chi connectivity index (χ1n) is 6.70. The minimum atomic E-state index is -4.37. The predicted molar refractivity (Wildman–Crippen MR) is 72.5 cm³/mol. The molecule has 1 unspecified atom stereocenters. The van der Waals surface area contributed by atoms with Gasteiger partial charge >= 0.3 is 12.1 Å². The van der Waals surface area contributed by atoms with E-state index in [0.29, 0.717) is 12.4 Å². The van der Waals surface area contributed by atoms with Gasteiger partial charge in [-0.05, 0) is 19.1 Å². The first-order chi connectivity index (χ1) is 10.4. The van der Waals surface area contributed by atoms with E-state index in [1.165, 1.54) is 6.07 Å². The number of rotatable bonds is 6. The Kier molecular flexibility index (Phi) is 5.19. The second kappa shape index (κ2) is 7.11. The molecule has 2 aromatic heterocycles. The third-order valence-corrected chi connectivity index (χ3v) is 2.70. The summed E-state index contributed by atoms with van der Waals surface area (Å²) < 4.78 is 48.8. The van der Waals surface area contributed by atoms with Crippen molar-refractivity contribution in [2.75, 3.05) is 6.61 Å². The molecular weight excluding hydrogens is 297 g/mol. The van der Waals surface area contributed by atoms with Crippen molar-refractivity contribution in [2.24, 2.45) is 0 Å². The van der Waals surface area contributed by atoms with E-state index in [9.17, 15) is 13.2 Å². The Morgan fingerprint density at radius 2 is 1.95 bits per heavy atom. The van der Waals surface area contributed by atoms with Crippen molar-refractivity contribution in [1.29, 1.82) is 0 Å². The van der Waals surface area contributed by atoms with Crippen LogP contribution in [0.25, 0.3) is 0 Å². The number of ether oxygens (including phenoxy) is 2. The van der Waals surface area contributed by atoms with Gasteiger partial charge in [0, 0.05) is 18.3 Å². The van der Waals surface area contributed by atoms with Crippen LogP contribution in [-0.2, 0) is 6.54 Å². The number of hydrogen-bond donors (Lipinski definition) is 0. The molecule has 0 saturated heterocycles. The number of pyridine rings is 2. The maximum absolute atomic E-state index is 12.3. The summed E-state index contributed by atoms with van der Waals surface area (Å²) in [6, 6.07) is 10.1. The van der Waals surface area contributed by atoms with Gasteiger partial charge in [0.2, 0.25) is 5.88 Å². The molecule has 0 aromatic carbocycles. The van der Waals surface area contributed by atoms with Crippen LogP contribution >= 0.6 is 0 Å². The van der Waals surface area contributed by atoms with Crippen LogP contribution in [0, 0.1) is 0 Å². The lowest BCUT2D eigenvalue weighted by molar-refractivity contribution is -0.707. The van der Waals surface area contributed by atoms with Gasteiger partial charge in [0.25, 0.3) is 0 Å². The molecule has 118 valence electrons. The summed E-state index contributed by atoms with van der Waals surface area (Å²) in [5.74, 6) is 0.598. The van der Waals surface area contributed by atoms with Crippen LogP contribution in [0.5, 0.6) is 11.8 Å². The zero-order valence-corrected chi connectivity index (χ0v) is 12.0. The first-order valence-corrected chi connectivity index (χ1v) is 6.70. The zero-order valence-electron chi connectivity index (χ0n) is 12.0. The molecule has 2 aromatic rings. The number of nitrogens with zero attached hydrogens (tertiary/aromatic N) is 2. The molecule has 2 rings (SSSR count). The van der Waals surface area contributed by atoms with E-state index in [2.05, 4.69) is 4.98 Å². The van der Waals surface area contributed by atoms with E-state index in [4.69, 9.17) is 9.47 Å². The third-order valence-electron chi connectivity index (χ3n) is 2.70. The Labute approximate surface area is 126 Å². The predicted octanol–water partition coefficient (Wildman–Crippen LogP) is 2.78. The van der Waals surface area contributed by atoms with Crippen LogP contribution in [0.3, 0.4) is 0 Å². The zero-order chi connectivity index (χ0) is 16.0. The Balaban J connectivity index is 2.00. The monoisotopic (exact) mass is 313 g/mol. The summed E-state index contributed by atoms with van der Waals surface area (Å²) >= 11 is 0.